The summed E-state index contributed by atoms with van der Waals surface area (Å²) in [6.45, 7) is 7.00. The van der Waals surface area contributed by atoms with Gasteiger partial charge in [-0.25, -0.2) is 0 Å². The van der Waals surface area contributed by atoms with Gasteiger partial charge in [0.15, 0.2) is 0 Å². The molecule has 23 heavy (non-hydrogen) atoms. The van der Waals surface area contributed by atoms with Crippen molar-refractivity contribution in [3.8, 4) is 0 Å². The lowest BCUT2D eigenvalue weighted by molar-refractivity contribution is -0.385. The van der Waals surface area contributed by atoms with Crippen molar-refractivity contribution < 1.29 is 9.66 Å². The highest BCUT2D eigenvalue weighted by Gasteiger charge is 2.24. The van der Waals surface area contributed by atoms with Gasteiger partial charge in [-0.2, -0.15) is 0 Å². The van der Waals surface area contributed by atoms with Crippen molar-refractivity contribution in [2.24, 2.45) is 5.92 Å². The van der Waals surface area contributed by atoms with E-state index in [0.29, 0.717) is 17.5 Å². The highest BCUT2D eigenvalue weighted by atomic mass is 16.6. The van der Waals surface area contributed by atoms with E-state index in [4.69, 9.17) is 4.74 Å². The first-order valence-electron chi connectivity index (χ1n) is 8.43. The molecule has 0 radical (unpaired) electrons. The molecule has 2 heterocycles. The molecule has 2 saturated heterocycles. The molecule has 6 nitrogen and oxygen atoms in total. The minimum absolute atomic E-state index is 0.184. The number of benzene rings is 1. The van der Waals surface area contributed by atoms with Crippen LogP contribution in [-0.2, 0) is 4.74 Å². The van der Waals surface area contributed by atoms with Crippen molar-refractivity contribution in [2.75, 3.05) is 38.2 Å². The summed E-state index contributed by atoms with van der Waals surface area (Å²) in [6, 6.07) is 5.73. The maximum Gasteiger partial charge on any atom is 0.272 e. The molecule has 2 aliphatic rings. The van der Waals surface area contributed by atoms with Crippen molar-refractivity contribution in [2.45, 2.75) is 32.2 Å². The van der Waals surface area contributed by atoms with Gasteiger partial charge in [0.05, 0.1) is 11.5 Å². The Hall–Kier alpha value is -1.66. The van der Waals surface area contributed by atoms with Crippen LogP contribution in [0.3, 0.4) is 0 Å². The predicted octanol–water partition coefficient (Wildman–Crippen LogP) is 2.82. The summed E-state index contributed by atoms with van der Waals surface area (Å²) in [4.78, 5) is 13.1. The number of rotatable bonds is 5. The number of hydrogen-bond acceptors (Lipinski definition) is 5. The summed E-state index contributed by atoms with van der Waals surface area (Å²) in [5.74, 6) is 0.705. The molecule has 0 aromatic heterocycles. The summed E-state index contributed by atoms with van der Waals surface area (Å²) in [7, 11) is 0. The van der Waals surface area contributed by atoms with Gasteiger partial charge in [-0.05, 0) is 44.2 Å². The fourth-order valence-electron chi connectivity index (χ4n) is 3.54. The Morgan fingerprint density at radius 3 is 2.74 bits per heavy atom. The van der Waals surface area contributed by atoms with E-state index >= 15 is 0 Å². The SMILES string of the molecule is Cc1cc(NC2CCN(CC3CCOC3)CC2)ccc1[N+](=O)[O-]. The highest BCUT2D eigenvalue weighted by Crippen LogP contribution is 2.24. The second-order valence-corrected chi connectivity index (χ2v) is 6.71. The molecule has 6 heteroatoms. The zero-order valence-corrected chi connectivity index (χ0v) is 13.7. The van der Waals surface area contributed by atoms with E-state index in [2.05, 4.69) is 10.2 Å². The zero-order valence-electron chi connectivity index (χ0n) is 13.7. The quantitative estimate of drug-likeness (QED) is 0.668. The van der Waals surface area contributed by atoms with Gasteiger partial charge in [-0.3, -0.25) is 10.1 Å². The second-order valence-electron chi connectivity index (χ2n) is 6.71. The number of hydrogen-bond donors (Lipinski definition) is 1. The number of aryl methyl sites for hydroxylation is 1. The Bertz CT molecular complexity index is 550. The molecule has 0 bridgehead atoms. The molecular weight excluding hydrogens is 294 g/mol. The molecule has 0 saturated carbocycles. The van der Waals surface area contributed by atoms with E-state index in [0.717, 1.165) is 51.4 Å². The number of likely N-dealkylation sites (tertiary alicyclic amines) is 1. The zero-order chi connectivity index (χ0) is 16.2. The van der Waals surface area contributed by atoms with E-state index in [1.807, 2.05) is 12.1 Å². The molecule has 1 aromatic carbocycles. The largest absolute Gasteiger partial charge is 0.382 e. The second kappa shape index (κ2) is 7.27. The number of piperidine rings is 1. The lowest BCUT2D eigenvalue weighted by Gasteiger charge is -2.34. The average molecular weight is 319 g/mol. The van der Waals surface area contributed by atoms with Crippen molar-refractivity contribution in [3.63, 3.8) is 0 Å². The van der Waals surface area contributed by atoms with Gasteiger partial charge in [0, 0.05) is 49.6 Å². The average Bonchev–Trinajstić information content (AvgIpc) is 3.02. The first kappa shape index (κ1) is 16.2. The van der Waals surface area contributed by atoms with Crippen LogP contribution in [0.5, 0.6) is 0 Å². The highest BCUT2D eigenvalue weighted by molar-refractivity contribution is 5.54. The Balaban J connectivity index is 1.48. The number of anilines is 1. The smallest absolute Gasteiger partial charge is 0.272 e. The standard InChI is InChI=1S/C17H25N3O3/c1-13-10-16(2-3-17(13)20(21)22)18-15-4-7-19(8-5-15)11-14-6-9-23-12-14/h2-3,10,14-15,18H,4-9,11-12H2,1H3. The Kier molecular flexibility index (Phi) is 5.13. The van der Waals surface area contributed by atoms with Crippen LogP contribution in [-0.4, -0.2) is 48.7 Å². The lowest BCUT2D eigenvalue weighted by Crippen LogP contribution is -2.41. The van der Waals surface area contributed by atoms with Crippen molar-refractivity contribution in [1.29, 1.82) is 0 Å². The number of nitro groups is 1. The van der Waals surface area contributed by atoms with Crippen LogP contribution < -0.4 is 5.32 Å². The number of nitrogens with one attached hydrogen (secondary N) is 1. The number of nitro benzene ring substituents is 1. The van der Waals surface area contributed by atoms with E-state index in [9.17, 15) is 10.1 Å². The van der Waals surface area contributed by atoms with Gasteiger partial charge < -0.3 is 15.0 Å². The van der Waals surface area contributed by atoms with E-state index < -0.39 is 0 Å². The molecule has 126 valence electrons. The van der Waals surface area contributed by atoms with Crippen LogP contribution >= 0.6 is 0 Å². The summed E-state index contributed by atoms with van der Waals surface area (Å²) < 4.78 is 5.45. The first-order chi connectivity index (χ1) is 11.1. The van der Waals surface area contributed by atoms with Crippen molar-refractivity contribution in [3.05, 3.63) is 33.9 Å². The van der Waals surface area contributed by atoms with E-state index in [-0.39, 0.29) is 10.6 Å². The van der Waals surface area contributed by atoms with Gasteiger partial charge in [0.1, 0.15) is 0 Å². The van der Waals surface area contributed by atoms with Gasteiger partial charge in [-0.15, -0.1) is 0 Å². The molecule has 0 aliphatic carbocycles. The third kappa shape index (κ3) is 4.20. The molecule has 1 N–H and O–H groups in total. The topological polar surface area (TPSA) is 67.6 Å². The van der Waals surface area contributed by atoms with Gasteiger partial charge >= 0.3 is 0 Å². The number of nitrogens with zero attached hydrogens (tertiary/aromatic N) is 2. The molecule has 0 amide bonds. The fraction of sp³-hybridized carbons (Fsp3) is 0.647. The van der Waals surface area contributed by atoms with Crippen LogP contribution in [0.2, 0.25) is 0 Å². The molecule has 1 unspecified atom stereocenters. The minimum atomic E-state index is -0.329. The van der Waals surface area contributed by atoms with Gasteiger partial charge in [-0.1, -0.05) is 0 Å². The molecular formula is C17H25N3O3. The van der Waals surface area contributed by atoms with Crippen molar-refractivity contribution in [1.82, 2.24) is 4.90 Å². The predicted molar refractivity (Wildman–Crippen MR) is 89.8 cm³/mol. The van der Waals surface area contributed by atoms with Crippen LogP contribution in [0, 0.1) is 23.0 Å². The molecule has 2 aliphatic heterocycles. The summed E-state index contributed by atoms with van der Waals surface area (Å²) in [5, 5.41) is 14.4. The third-order valence-corrected chi connectivity index (χ3v) is 4.89. The molecule has 1 atom stereocenters. The molecule has 2 fully saturated rings. The van der Waals surface area contributed by atoms with E-state index in [1.54, 1.807) is 13.0 Å². The van der Waals surface area contributed by atoms with Gasteiger partial charge in [0.25, 0.3) is 5.69 Å². The van der Waals surface area contributed by atoms with Gasteiger partial charge in [0.2, 0.25) is 0 Å². The Labute approximate surface area is 137 Å². The molecule has 3 rings (SSSR count). The third-order valence-electron chi connectivity index (χ3n) is 4.89. The fourth-order valence-corrected chi connectivity index (χ4v) is 3.54. The van der Waals surface area contributed by atoms with Crippen LogP contribution in [0.25, 0.3) is 0 Å². The lowest BCUT2D eigenvalue weighted by atomic mass is 10.0. The number of ether oxygens (including phenoxy) is 1. The van der Waals surface area contributed by atoms with Crippen LogP contribution in [0.4, 0.5) is 11.4 Å². The van der Waals surface area contributed by atoms with Crippen molar-refractivity contribution >= 4 is 11.4 Å². The Morgan fingerprint density at radius 2 is 2.13 bits per heavy atom. The minimum Gasteiger partial charge on any atom is -0.382 e. The first-order valence-corrected chi connectivity index (χ1v) is 8.43. The summed E-state index contributed by atoms with van der Waals surface area (Å²) >= 11 is 0. The van der Waals surface area contributed by atoms with Crippen LogP contribution in [0.1, 0.15) is 24.8 Å². The van der Waals surface area contributed by atoms with E-state index in [1.165, 1.54) is 6.42 Å². The maximum atomic E-state index is 10.9. The monoisotopic (exact) mass is 319 g/mol. The summed E-state index contributed by atoms with van der Waals surface area (Å²) in [5.41, 5.74) is 1.87. The molecule has 1 aromatic rings. The van der Waals surface area contributed by atoms with Crippen LogP contribution in [0.15, 0.2) is 18.2 Å². The Morgan fingerprint density at radius 1 is 1.35 bits per heavy atom. The normalized spacial score (nSPS) is 23.1. The summed E-state index contributed by atoms with van der Waals surface area (Å²) in [6.07, 6.45) is 3.42. The maximum absolute atomic E-state index is 10.9. The molecule has 0 spiro atoms.